The molecule has 0 heterocycles. The first-order valence-corrected chi connectivity index (χ1v) is 7.86. The van der Waals surface area contributed by atoms with E-state index < -0.39 is 8.32 Å². The van der Waals surface area contributed by atoms with Gasteiger partial charge in [-0.25, -0.2) is 0 Å². The molecule has 0 fully saturated rings. The highest BCUT2D eigenvalue weighted by atomic mass is 28.4. The molecule has 0 bridgehead atoms. The third-order valence-corrected chi connectivity index (χ3v) is 5.60. The van der Waals surface area contributed by atoms with Crippen LogP contribution < -0.4 is 0 Å². The van der Waals surface area contributed by atoms with Crippen LogP contribution in [-0.2, 0) is 0 Å². The van der Waals surface area contributed by atoms with Crippen LogP contribution in [0.1, 0.15) is 27.7 Å². The minimum atomic E-state index is -2.05. The van der Waals surface area contributed by atoms with E-state index in [1.807, 2.05) is 13.1 Å². The zero-order valence-electron chi connectivity index (χ0n) is 9.52. The highest BCUT2D eigenvalue weighted by Crippen LogP contribution is 2.45. The zero-order valence-corrected chi connectivity index (χ0v) is 10.5. The summed E-state index contributed by atoms with van der Waals surface area (Å²) >= 11 is 0. The first-order valence-electron chi connectivity index (χ1n) is 4.84. The van der Waals surface area contributed by atoms with Crippen molar-refractivity contribution in [2.75, 3.05) is 0 Å². The molecule has 0 amide bonds. The fourth-order valence-corrected chi connectivity index (χ4v) is 4.96. The number of allylic oxidation sites excluding steroid dienone is 4. The van der Waals surface area contributed by atoms with E-state index in [0.29, 0.717) is 5.54 Å². The molecule has 0 aromatic carbocycles. The average molecular weight is 196 g/mol. The van der Waals surface area contributed by atoms with Crippen LogP contribution in [0.2, 0.25) is 18.6 Å². The van der Waals surface area contributed by atoms with E-state index in [0.717, 1.165) is 0 Å². The Labute approximate surface area is 82.3 Å². The molecule has 1 nitrogen and oxygen atoms in total. The van der Waals surface area contributed by atoms with E-state index in [-0.39, 0.29) is 0 Å². The van der Waals surface area contributed by atoms with Crippen molar-refractivity contribution in [3.05, 3.63) is 22.3 Å². The van der Waals surface area contributed by atoms with Gasteiger partial charge in [-0.05, 0) is 51.9 Å². The maximum absolute atomic E-state index is 10.2. The second-order valence-electron chi connectivity index (χ2n) is 4.70. The molecular weight excluding hydrogens is 176 g/mol. The van der Waals surface area contributed by atoms with Gasteiger partial charge in [0.05, 0.1) is 0 Å². The molecule has 1 aliphatic rings. The van der Waals surface area contributed by atoms with Crippen LogP contribution in [0, 0.1) is 0 Å². The second-order valence-corrected chi connectivity index (χ2v) is 8.59. The molecule has 1 rings (SSSR count). The molecule has 0 spiro atoms. The van der Waals surface area contributed by atoms with Crippen LogP contribution in [0.3, 0.4) is 0 Å². The smallest absolute Gasteiger partial charge is 0.193 e. The van der Waals surface area contributed by atoms with Crippen molar-refractivity contribution in [3.63, 3.8) is 0 Å². The Morgan fingerprint density at radius 2 is 1.23 bits per heavy atom. The van der Waals surface area contributed by atoms with Crippen molar-refractivity contribution in [1.29, 1.82) is 0 Å². The molecule has 1 N–H and O–H groups in total. The quantitative estimate of drug-likeness (QED) is 0.638. The third-order valence-electron chi connectivity index (χ3n) is 3.32. The fourth-order valence-electron chi connectivity index (χ4n) is 2.41. The van der Waals surface area contributed by atoms with Crippen LogP contribution in [0.5, 0.6) is 0 Å². The summed E-state index contributed by atoms with van der Waals surface area (Å²) in [6, 6.07) is 0. The molecule has 74 valence electrons. The molecule has 13 heavy (non-hydrogen) atoms. The van der Waals surface area contributed by atoms with Gasteiger partial charge in [-0.3, -0.25) is 0 Å². The molecule has 0 unspecified atom stereocenters. The highest BCUT2D eigenvalue weighted by Gasteiger charge is 2.37. The van der Waals surface area contributed by atoms with E-state index in [2.05, 4.69) is 27.7 Å². The third kappa shape index (κ3) is 1.65. The van der Waals surface area contributed by atoms with Crippen LogP contribution in [0.4, 0.5) is 0 Å². The molecule has 0 atom stereocenters. The summed E-state index contributed by atoms with van der Waals surface area (Å²) in [6.07, 6.45) is 0. The lowest BCUT2D eigenvalue weighted by molar-refractivity contribution is 0.540. The van der Waals surface area contributed by atoms with E-state index in [9.17, 15) is 4.80 Å². The molecular formula is C11H20OSi. The first-order chi connectivity index (χ1) is 5.76. The van der Waals surface area contributed by atoms with Gasteiger partial charge in [-0.15, -0.1) is 0 Å². The summed E-state index contributed by atoms with van der Waals surface area (Å²) in [5, 5.41) is 0. The minimum Gasteiger partial charge on any atom is -0.431 e. The van der Waals surface area contributed by atoms with E-state index >= 15 is 0 Å². The minimum absolute atomic E-state index is 0.354. The lowest BCUT2D eigenvalue weighted by Gasteiger charge is -2.26. The second kappa shape index (κ2) is 3.10. The van der Waals surface area contributed by atoms with Gasteiger partial charge in [-0.2, -0.15) is 0 Å². The molecule has 0 aliphatic heterocycles. The van der Waals surface area contributed by atoms with Gasteiger partial charge >= 0.3 is 0 Å². The van der Waals surface area contributed by atoms with Crippen molar-refractivity contribution in [2.24, 2.45) is 0 Å². The van der Waals surface area contributed by atoms with E-state index in [1.54, 1.807) is 0 Å². The summed E-state index contributed by atoms with van der Waals surface area (Å²) in [7, 11) is -2.05. The van der Waals surface area contributed by atoms with Gasteiger partial charge in [-0.1, -0.05) is 11.1 Å². The Morgan fingerprint density at radius 1 is 0.923 bits per heavy atom. The number of hydrogen-bond donors (Lipinski definition) is 1. The van der Waals surface area contributed by atoms with Crippen LogP contribution >= 0.6 is 0 Å². The van der Waals surface area contributed by atoms with Gasteiger partial charge in [0.15, 0.2) is 8.32 Å². The van der Waals surface area contributed by atoms with Crippen LogP contribution in [-0.4, -0.2) is 13.1 Å². The Hall–Kier alpha value is -0.343. The summed E-state index contributed by atoms with van der Waals surface area (Å²) in [4.78, 5) is 10.2. The maximum Gasteiger partial charge on any atom is 0.193 e. The normalized spacial score (nSPS) is 20.5. The molecule has 1 aliphatic carbocycles. The van der Waals surface area contributed by atoms with E-state index in [4.69, 9.17) is 0 Å². The topological polar surface area (TPSA) is 20.2 Å². The summed E-state index contributed by atoms with van der Waals surface area (Å²) in [5.41, 5.74) is 5.89. The van der Waals surface area contributed by atoms with E-state index in [1.165, 1.54) is 22.3 Å². The Bertz CT molecular complexity index is 268. The van der Waals surface area contributed by atoms with Gasteiger partial charge in [0.25, 0.3) is 0 Å². The molecule has 0 aromatic heterocycles. The fraction of sp³-hybridized carbons (Fsp3) is 0.636. The molecule has 0 saturated heterocycles. The number of rotatable bonds is 1. The highest BCUT2D eigenvalue weighted by molar-refractivity contribution is 6.72. The van der Waals surface area contributed by atoms with Crippen LogP contribution in [0.25, 0.3) is 0 Å². The van der Waals surface area contributed by atoms with Gasteiger partial charge in [0, 0.05) is 5.54 Å². The maximum atomic E-state index is 10.2. The summed E-state index contributed by atoms with van der Waals surface area (Å²) in [5.74, 6) is 0. The summed E-state index contributed by atoms with van der Waals surface area (Å²) < 4.78 is 0. The lowest BCUT2D eigenvalue weighted by atomic mass is 10.1. The van der Waals surface area contributed by atoms with Gasteiger partial charge in [0.1, 0.15) is 0 Å². The number of hydrogen-bond acceptors (Lipinski definition) is 1. The van der Waals surface area contributed by atoms with Gasteiger partial charge in [0.2, 0.25) is 0 Å². The first kappa shape index (κ1) is 10.7. The molecule has 2 heteroatoms. The van der Waals surface area contributed by atoms with Crippen LogP contribution in [0.15, 0.2) is 22.3 Å². The van der Waals surface area contributed by atoms with Crippen molar-refractivity contribution < 1.29 is 4.80 Å². The average Bonchev–Trinajstić information content (AvgIpc) is 2.14. The standard InChI is InChI=1S/C11H20OSi/c1-7-8(2)10(4)11(9(7)3)13(5,6)12/h11-12H,1-6H3. The van der Waals surface area contributed by atoms with Crippen molar-refractivity contribution in [3.8, 4) is 0 Å². The predicted octanol–water partition coefficient (Wildman–Crippen LogP) is 3.24. The SMILES string of the molecule is CC1=C(C)C([Si](C)(C)O)C(C)=C1C. The largest absolute Gasteiger partial charge is 0.431 e. The molecule has 0 aromatic rings. The van der Waals surface area contributed by atoms with Crippen molar-refractivity contribution >= 4 is 8.32 Å². The Kier molecular flexibility index (Phi) is 2.56. The Balaban J connectivity index is 3.18. The Morgan fingerprint density at radius 3 is 1.38 bits per heavy atom. The van der Waals surface area contributed by atoms with Crippen molar-refractivity contribution in [1.82, 2.24) is 0 Å². The van der Waals surface area contributed by atoms with Gasteiger partial charge < -0.3 is 4.80 Å². The zero-order chi connectivity index (χ0) is 10.4. The van der Waals surface area contributed by atoms with Crippen molar-refractivity contribution in [2.45, 2.75) is 46.3 Å². The molecule has 0 saturated carbocycles. The summed E-state index contributed by atoms with van der Waals surface area (Å²) in [6.45, 7) is 12.7. The molecule has 0 radical (unpaired) electrons. The predicted molar refractivity (Wildman–Crippen MR) is 60.2 cm³/mol. The monoisotopic (exact) mass is 196 g/mol. The lowest BCUT2D eigenvalue weighted by Crippen LogP contribution is -2.33.